The largest absolute Gasteiger partial charge is 0.463 e. The number of aliphatic hydroxyl groups excluding tert-OH is 1. The number of carbonyl (C=O) groups excluding carboxylic acids is 1. The van der Waals surface area contributed by atoms with E-state index in [0.29, 0.717) is 0 Å². The van der Waals surface area contributed by atoms with Crippen molar-refractivity contribution in [2.24, 2.45) is 16.2 Å². The van der Waals surface area contributed by atoms with Crippen molar-refractivity contribution in [3.63, 3.8) is 0 Å². The van der Waals surface area contributed by atoms with Crippen LogP contribution in [0.25, 0.3) is 0 Å². The Kier molecular flexibility index (Phi) is 4.75. The minimum absolute atomic E-state index is 0.0567. The van der Waals surface area contributed by atoms with Crippen molar-refractivity contribution in [3.8, 4) is 0 Å². The Morgan fingerprint density at radius 1 is 1.25 bits per heavy atom. The van der Waals surface area contributed by atoms with Crippen LogP contribution in [0, 0.1) is 16.2 Å². The molecular formula is C17H30O3. The summed E-state index contributed by atoms with van der Waals surface area (Å²) < 4.78 is 5.35. The number of allylic oxidation sites excluding steroid dienone is 1. The molecule has 1 aliphatic carbocycles. The summed E-state index contributed by atoms with van der Waals surface area (Å²) in [4.78, 5) is 12.7. The molecule has 0 spiro atoms. The monoisotopic (exact) mass is 282 g/mol. The number of esters is 1. The highest BCUT2D eigenvalue weighted by Gasteiger charge is 2.56. The van der Waals surface area contributed by atoms with E-state index in [4.69, 9.17) is 4.74 Å². The predicted molar refractivity (Wildman–Crippen MR) is 81.3 cm³/mol. The normalized spacial score (nSPS) is 34.4. The van der Waals surface area contributed by atoms with Gasteiger partial charge in [-0.25, -0.2) is 0 Å². The van der Waals surface area contributed by atoms with E-state index in [-0.39, 0.29) is 23.4 Å². The van der Waals surface area contributed by atoms with Gasteiger partial charge in [0.2, 0.25) is 0 Å². The molecule has 1 rings (SSSR count). The first-order valence-corrected chi connectivity index (χ1v) is 7.46. The van der Waals surface area contributed by atoms with E-state index in [2.05, 4.69) is 27.4 Å². The van der Waals surface area contributed by atoms with Crippen LogP contribution < -0.4 is 0 Å². The Labute approximate surface area is 123 Å². The molecule has 0 radical (unpaired) electrons. The van der Waals surface area contributed by atoms with E-state index >= 15 is 0 Å². The van der Waals surface area contributed by atoms with Crippen LogP contribution in [0.4, 0.5) is 0 Å². The Bertz CT molecular complexity index is 397. The lowest BCUT2D eigenvalue weighted by Crippen LogP contribution is -2.52. The second kappa shape index (κ2) is 5.51. The zero-order valence-corrected chi connectivity index (χ0v) is 13.9. The van der Waals surface area contributed by atoms with Crippen molar-refractivity contribution in [2.75, 3.05) is 6.61 Å². The molecular weight excluding hydrogens is 252 g/mol. The lowest BCUT2D eigenvalue weighted by atomic mass is 9.50. The maximum absolute atomic E-state index is 12.7. The maximum Gasteiger partial charge on any atom is 0.312 e. The van der Waals surface area contributed by atoms with E-state index in [0.717, 1.165) is 24.8 Å². The fourth-order valence-corrected chi connectivity index (χ4v) is 3.44. The molecule has 3 heteroatoms. The number of ether oxygens (including phenoxy) is 1. The van der Waals surface area contributed by atoms with Crippen LogP contribution in [0.2, 0.25) is 0 Å². The molecule has 116 valence electrons. The molecule has 0 saturated heterocycles. The van der Waals surface area contributed by atoms with Crippen molar-refractivity contribution in [3.05, 3.63) is 12.2 Å². The summed E-state index contributed by atoms with van der Waals surface area (Å²) in [5.41, 5.74) is 0.311. The topological polar surface area (TPSA) is 46.5 Å². The molecule has 20 heavy (non-hydrogen) atoms. The second-order valence-electron chi connectivity index (χ2n) is 7.73. The minimum atomic E-state index is -0.629. The van der Waals surface area contributed by atoms with Gasteiger partial charge in [-0.15, -0.1) is 0 Å². The van der Waals surface area contributed by atoms with Crippen molar-refractivity contribution in [1.82, 2.24) is 0 Å². The number of hydrogen-bond acceptors (Lipinski definition) is 3. The zero-order chi connectivity index (χ0) is 15.8. The van der Waals surface area contributed by atoms with Gasteiger partial charge < -0.3 is 9.84 Å². The van der Waals surface area contributed by atoms with E-state index in [9.17, 15) is 9.90 Å². The highest BCUT2D eigenvalue weighted by Crippen LogP contribution is 2.59. The fourth-order valence-electron chi connectivity index (χ4n) is 3.44. The van der Waals surface area contributed by atoms with Gasteiger partial charge in [0.05, 0.1) is 11.5 Å². The van der Waals surface area contributed by atoms with Gasteiger partial charge in [-0.3, -0.25) is 4.79 Å². The quantitative estimate of drug-likeness (QED) is 0.631. The standard InChI is InChI=1S/C17H30O3/c1-12(2)16(6)9-8-15(4,5)11-17(16,7)14(19)20-10-13(3)18/h13,18H,1,8-11H2,2-7H3/t13?,16-,17+/m0/s1. The zero-order valence-electron chi connectivity index (χ0n) is 13.9. The molecule has 0 aromatic heterocycles. The SMILES string of the molecule is C=C(C)[C@]1(C)CCC(C)(C)C[C@]1(C)C(=O)OCC(C)O. The molecule has 3 nitrogen and oxygen atoms in total. The maximum atomic E-state index is 12.7. The van der Waals surface area contributed by atoms with Gasteiger partial charge in [0, 0.05) is 5.41 Å². The average molecular weight is 282 g/mol. The van der Waals surface area contributed by atoms with Gasteiger partial charge in [-0.2, -0.15) is 0 Å². The summed E-state index contributed by atoms with van der Waals surface area (Å²) >= 11 is 0. The number of rotatable bonds is 4. The highest BCUT2D eigenvalue weighted by atomic mass is 16.5. The third-order valence-corrected chi connectivity index (χ3v) is 5.20. The van der Waals surface area contributed by atoms with Crippen LogP contribution in [-0.2, 0) is 9.53 Å². The van der Waals surface area contributed by atoms with Crippen molar-refractivity contribution in [1.29, 1.82) is 0 Å². The van der Waals surface area contributed by atoms with Crippen LogP contribution >= 0.6 is 0 Å². The number of aliphatic hydroxyl groups is 1. The molecule has 1 unspecified atom stereocenters. The first-order valence-electron chi connectivity index (χ1n) is 7.46. The lowest BCUT2D eigenvalue weighted by Gasteiger charge is -2.53. The summed E-state index contributed by atoms with van der Waals surface area (Å²) in [6.07, 6.45) is 2.17. The van der Waals surface area contributed by atoms with Crippen LogP contribution in [0.1, 0.15) is 60.8 Å². The molecule has 0 aromatic carbocycles. The molecule has 0 amide bonds. The summed E-state index contributed by atoms with van der Waals surface area (Å²) in [5, 5.41) is 9.33. The van der Waals surface area contributed by atoms with Crippen LogP contribution in [0.5, 0.6) is 0 Å². The molecule has 0 aliphatic heterocycles. The molecule has 3 atom stereocenters. The van der Waals surface area contributed by atoms with Crippen LogP contribution in [-0.4, -0.2) is 23.8 Å². The summed E-state index contributed by atoms with van der Waals surface area (Å²) in [6.45, 7) is 16.3. The minimum Gasteiger partial charge on any atom is -0.463 e. The summed E-state index contributed by atoms with van der Waals surface area (Å²) in [5.74, 6) is -0.211. The first kappa shape index (κ1) is 17.2. The molecule has 1 aliphatic rings. The summed E-state index contributed by atoms with van der Waals surface area (Å²) in [7, 11) is 0. The van der Waals surface area contributed by atoms with Crippen molar-refractivity contribution in [2.45, 2.75) is 66.9 Å². The predicted octanol–water partition coefficient (Wildman–Crippen LogP) is 3.71. The van der Waals surface area contributed by atoms with E-state index in [1.54, 1.807) is 6.92 Å². The lowest BCUT2D eigenvalue weighted by molar-refractivity contribution is -0.171. The molecule has 0 aromatic rings. The first-order chi connectivity index (χ1) is 8.94. The molecule has 0 bridgehead atoms. The Balaban J connectivity index is 3.09. The summed E-state index contributed by atoms with van der Waals surface area (Å²) in [6, 6.07) is 0. The smallest absolute Gasteiger partial charge is 0.312 e. The number of hydrogen-bond donors (Lipinski definition) is 1. The molecule has 1 N–H and O–H groups in total. The van der Waals surface area contributed by atoms with Gasteiger partial charge in [0.25, 0.3) is 0 Å². The van der Waals surface area contributed by atoms with Crippen LogP contribution in [0.3, 0.4) is 0 Å². The third-order valence-electron chi connectivity index (χ3n) is 5.20. The van der Waals surface area contributed by atoms with Gasteiger partial charge in [-0.05, 0) is 45.4 Å². The van der Waals surface area contributed by atoms with E-state index in [1.165, 1.54) is 0 Å². The Morgan fingerprint density at radius 3 is 2.25 bits per heavy atom. The fraction of sp³-hybridized carbons (Fsp3) is 0.824. The molecule has 1 fully saturated rings. The van der Waals surface area contributed by atoms with E-state index in [1.807, 2.05) is 13.8 Å². The van der Waals surface area contributed by atoms with E-state index < -0.39 is 11.5 Å². The Hall–Kier alpha value is -0.830. The average Bonchev–Trinajstić information content (AvgIpc) is 2.30. The van der Waals surface area contributed by atoms with Gasteiger partial charge in [0.1, 0.15) is 6.61 Å². The van der Waals surface area contributed by atoms with Gasteiger partial charge in [0.15, 0.2) is 0 Å². The number of carbonyl (C=O) groups is 1. The highest BCUT2D eigenvalue weighted by molar-refractivity contribution is 5.78. The van der Waals surface area contributed by atoms with Crippen molar-refractivity contribution >= 4 is 5.97 Å². The Morgan fingerprint density at radius 2 is 1.80 bits per heavy atom. The second-order valence-corrected chi connectivity index (χ2v) is 7.73. The molecule has 1 saturated carbocycles. The van der Waals surface area contributed by atoms with Crippen LogP contribution in [0.15, 0.2) is 12.2 Å². The van der Waals surface area contributed by atoms with Gasteiger partial charge in [-0.1, -0.05) is 32.9 Å². The van der Waals surface area contributed by atoms with Crippen molar-refractivity contribution < 1.29 is 14.6 Å². The van der Waals surface area contributed by atoms with Gasteiger partial charge >= 0.3 is 5.97 Å². The third kappa shape index (κ3) is 3.08. The molecule has 0 heterocycles.